The van der Waals surface area contributed by atoms with Gasteiger partial charge in [-0.3, -0.25) is 5.32 Å². The molecule has 0 amide bonds. The molecular formula is C12H20FN3. The Morgan fingerprint density at radius 3 is 2.62 bits per heavy atom. The SMILES string of the molecule is CC1C(C#N)C(N)NC1C1CCCCC1F. The van der Waals surface area contributed by atoms with Crippen LogP contribution >= 0.6 is 0 Å². The first-order chi connectivity index (χ1) is 7.65. The summed E-state index contributed by atoms with van der Waals surface area (Å²) in [6.07, 6.45) is 2.67. The monoisotopic (exact) mass is 225 g/mol. The average molecular weight is 225 g/mol. The Labute approximate surface area is 96.2 Å². The van der Waals surface area contributed by atoms with Gasteiger partial charge in [0.1, 0.15) is 6.17 Å². The van der Waals surface area contributed by atoms with E-state index >= 15 is 0 Å². The molecule has 6 atom stereocenters. The summed E-state index contributed by atoms with van der Waals surface area (Å²) in [6, 6.07) is 2.32. The van der Waals surface area contributed by atoms with Crippen LogP contribution in [0.1, 0.15) is 32.6 Å². The van der Waals surface area contributed by atoms with Gasteiger partial charge in [0, 0.05) is 12.0 Å². The van der Waals surface area contributed by atoms with Crippen LogP contribution in [0.2, 0.25) is 0 Å². The molecule has 0 radical (unpaired) electrons. The lowest BCUT2D eigenvalue weighted by Gasteiger charge is -2.33. The van der Waals surface area contributed by atoms with Crippen molar-refractivity contribution in [2.24, 2.45) is 23.5 Å². The van der Waals surface area contributed by atoms with E-state index in [4.69, 9.17) is 11.0 Å². The smallest absolute Gasteiger partial charge is 0.104 e. The molecule has 0 aromatic heterocycles. The number of alkyl halides is 1. The highest BCUT2D eigenvalue weighted by Crippen LogP contribution is 2.37. The van der Waals surface area contributed by atoms with Gasteiger partial charge in [0.05, 0.1) is 18.2 Å². The van der Waals surface area contributed by atoms with Gasteiger partial charge in [-0.15, -0.1) is 0 Å². The van der Waals surface area contributed by atoms with Gasteiger partial charge in [0.2, 0.25) is 0 Å². The Kier molecular flexibility index (Phi) is 3.46. The summed E-state index contributed by atoms with van der Waals surface area (Å²) in [5, 5.41) is 12.2. The van der Waals surface area contributed by atoms with Gasteiger partial charge >= 0.3 is 0 Å². The molecule has 2 rings (SSSR count). The van der Waals surface area contributed by atoms with Crippen molar-refractivity contribution in [1.82, 2.24) is 5.32 Å². The van der Waals surface area contributed by atoms with Crippen molar-refractivity contribution in [2.75, 3.05) is 0 Å². The van der Waals surface area contributed by atoms with E-state index < -0.39 is 6.17 Å². The van der Waals surface area contributed by atoms with Crippen LogP contribution in [0.25, 0.3) is 0 Å². The van der Waals surface area contributed by atoms with E-state index in [1.807, 2.05) is 6.92 Å². The largest absolute Gasteiger partial charge is 0.315 e. The summed E-state index contributed by atoms with van der Waals surface area (Å²) in [7, 11) is 0. The molecular weight excluding hydrogens is 205 g/mol. The van der Waals surface area contributed by atoms with Crippen LogP contribution in [0.15, 0.2) is 0 Å². The third kappa shape index (κ3) is 1.94. The summed E-state index contributed by atoms with van der Waals surface area (Å²) in [4.78, 5) is 0. The van der Waals surface area contributed by atoms with Crippen molar-refractivity contribution >= 4 is 0 Å². The van der Waals surface area contributed by atoms with Crippen molar-refractivity contribution in [2.45, 2.75) is 51.0 Å². The predicted molar refractivity (Wildman–Crippen MR) is 60.0 cm³/mol. The van der Waals surface area contributed by atoms with Crippen LogP contribution in [0.3, 0.4) is 0 Å². The maximum absolute atomic E-state index is 13.9. The first-order valence-electron chi connectivity index (χ1n) is 6.20. The second-order valence-electron chi connectivity index (χ2n) is 5.20. The lowest BCUT2D eigenvalue weighted by atomic mass is 9.77. The molecule has 1 saturated carbocycles. The molecule has 3 N–H and O–H groups in total. The van der Waals surface area contributed by atoms with Gasteiger partial charge in [-0.05, 0) is 18.8 Å². The van der Waals surface area contributed by atoms with Crippen LogP contribution in [0.4, 0.5) is 4.39 Å². The van der Waals surface area contributed by atoms with Gasteiger partial charge in [0.25, 0.3) is 0 Å². The quantitative estimate of drug-likeness (QED) is 0.711. The minimum atomic E-state index is -0.724. The van der Waals surface area contributed by atoms with Crippen molar-refractivity contribution in [3.63, 3.8) is 0 Å². The Morgan fingerprint density at radius 1 is 1.38 bits per heavy atom. The molecule has 0 spiro atoms. The highest BCUT2D eigenvalue weighted by atomic mass is 19.1. The summed E-state index contributed by atoms with van der Waals surface area (Å²) in [5.41, 5.74) is 5.87. The van der Waals surface area contributed by atoms with Crippen molar-refractivity contribution in [3.05, 3.63) is 0 Å². The molecule has 2 aliphatic rings. The zero-order valence-corrected chi connectivity index (χ0v) is 9.70. The number of nitrogens with two attached hydrogens (primary N) is 1. The number of nitrogens with one attached hydrogen (secondary N) is 1. The first kappa shape index (κ1) is 11.8. The van der Waals surface area contributed by atoms with E-state index in [0.29, 0.717) is 6.42 Å². The summed E-state index contributed by atoms with van der Waals surface area (Å²) < 4.78 is 13.9. The van der Waals surface area contributed by atoms with Crippen molar-refractivity contribution in [1.29, 1.82) is 5.26 Å². The predicted octanol–water partition coefficient (Wildman–Crippen LogP) is 1.55. The van der Waals surface area contributed by atoms with E-state index in [9.17, 15) is 4.39 Å². The van der Waals surface area contributed by atoms with E-state index in [1.165, 1.54) is 0 Å². The fourth-order valence-corrected chi connectivity index (χ4v) is 3.26. The maximum atomic E-state index is 13.9. The van der Waals surface area contributed by atoms with Crippen LogP contribution in [0.5, 0.6) is 0 Å². The van der Waals surface area contributed by atoms with E-state index in [1.54, 1.807) is 0 Å². The Morgan fingerprint density at radius 2 is 2.06 bits per heavy atom. The molecule has 2 fully saturated rings. The highest BCUT2D eigenvalue weighted by Gasteiger charge is 2.45. The zero-order valence-electron chi connectivity index (χ0n) is 9.70. The molecule has 0 aromatic carbocycles. The second kappa shape index (κ2) is 4.68. The molecule has 6 unspecified atom stereocenters. The normalized spacial score (nSPS) is 48.9. The fourth-order valence-electron chi connectivity index (χ4n) is 3.26. The van der Waals surface area contributed by atoms with Gasteiger partial charge in [0.15, 0.2) is 0 Å². The van der Waals surface area contributed by atoms with Crippen LogP contribution < -0.4 is 11.1 Å². The van der Waals surface area contributed by atoms with Crippen LogP contribution in [-0.4, -0.2) is 18.4 Å². The molecule has 16 heavy (non-hydrogen) atoms. The zero-order chi connectivity index (χ0) is 11.7. The van der Waals surface area contributed by atoms with E-state index in [-0.39, 0.29) is 30.0 Å². The topological polar surface area (TPSA) is 61.8 Å². The Bertz CT molecular complexity index is 288. The number of nitriles is 1. The van der Waals surface area contributed by atoms with Crippen LogP contribution in [-0.2, 0) is 0 Å². The van der Waals surface area contributed by atoms with Gasteiger partial charge in [-0.2, -0.15) is 5.26 Å². The fraction of sp³-hybridized carbons (Fsp3) is 0.917. The lowest BCUT2D eigenvalue weighted by Crippen LogP contribution is -2.45. The molecule has 4 heteroatoms. The number of hydrogen-bond donors (Lipinski definition) is 2. The highest BCUT2D eigenvalue weighted by molar-refractivity contribution is 5.05. The third-order valence-corrected chi connectivity index (χ3v) is 4.25. The minimum Gasteiger partial charge on any atom is -0.315 e. The van der Waals surface area contributed by atoms with Crippen molar-refractivity contribution in [3.8, 4) is 6.07 Å². The van der Waals surface area contributed by atoms with Crippen LogP contribution in [0, 0.1) is 29.1 Å². The molecule has 90 valence electrons. The maximum Gasteiger partial charge on any atom is 0.104 e. The minimum absolute atomic E-state index is 0.0492. The Hall–Kier alpha value is -0.660. The van der Waals surface area contributed by atoms with Crippen molar-refractivity contribution < 1.29 is 4.39 Å². The third-order valence-electron chi connectivity index (χ3n) is 4.25. The van der Waals surface area contributed by atoms with Gasteiger partial charge in [-0.1, -0.05) is 19.8 Å². The van der Waals surface area contributed by atoms with Gasteiger partial charge in [-0.25, -0.2) is 4.39 Å². The Balaban J connectivity index is 2.07. The number of nitrogens with zero attached hydrogens (tertiary/aromatic N) is 1. The molecule has 3 nitrogen and oxygen atoms in total. The molecule has 0 aromatic rings. The first-order valence-corrected chi connectivity index (χ1v) is 6.20. The molecule has 1 heterocycles. The summed E-state index contributed by atoms with van der Waals surface area (Å²) in [5.74, 6) is 0.0219. The molecule has 1 aliphatic carbocycles. The second-order valence-corrected chi connectivity index (χ2v) is 5.20. The van der Waals surface area contributed by atoms with Gasteiger partial charge < -0.3 is 5.73 Å². The van der Waals surface area contributed by atoms with E-state index in [2.05, 4.69) is 11.4 Å². The standard InChI is InChI=1S/C12H20FN3/c1-7-9(6-14)12(15)16-11(7)8-4-2-3-5-10(8)13/h7-12,16H,2-5,15H2,1H3. The number of rotatable bonds is 1. The summed E-state index contributed by atoms with van der Waals surface area (Å²) >= 11 is 0. The summed E-state index contributed by atoms with van der Waals surface area (Å²) in [6.45, 7) is 2.01. The molecule has 1 saturated heterocycles. The lowest BCUT2D eigenvalue weighted by molar-refractivity contribution is 0.119. The number of hydrogen-bond acceptors (Lipinski definition) is 3. The molecule has 0 bridgehead atoms. The molecule has 1 aliphatic heterocycles. The van der Waals surface area contributed by atoms with E-state index in [0.717, 1.165) is 19.3 Å². The number of halogens is 1. The average Bonchev–Trinajstić information content (AvgIpc) is 2.55.